The Balaban J connectivity index is 1.75. The first kappa shape index (κ1) is 15.7. The summed E-state index contributed by atoms with van der Waals surface area (Å²) in [4.78, 5) is 1.13. The van der Waals surface area contributed by atoms with Crippen LogP contribution in [-0.4, -0.2) is 20.1 Å². The van der Waals surface area contributed by atoms with E-state index < -0.39 is 11.4 Å². The molecule has 0 bridgehead atoms. The van der Waals surface area contributed by atoms with Crippen molar-refractivity contribution in [3.8, 4) is 0 Å². The molecule has 6 heteroatoms. The van der Waals surface area contributed by atoms with E-state index in [0.717, 1.165) is 4.90 Å². The molecule has 3 aromatic rings. The van der Waals surface area contributed by atoms with Crippen LogP contribution in [0.1, 0.15) is 18.2 Å². The second-order valence-corrected chi connectivity index (χ2v) is 6.33. The highest BCUT2D eigenvalue weighted by atomic mass is 32.2. The highest BCUT2D eigenvalue weighted by Crippen LogP contribution is 2.28. The minimum absolute atomic E-state index is 0.386. The van der Waals surface area contributed by atoms with E-state index in [1.807, 2.05) is 30.3 Å². The van der Waals surface area contributed by atoms with Crippen LogP contribution in [0, 0.1) is 5.82 Å². The van der Waals surface area contributed by atoms with Gasteiger partial charge in [0.05, 0.1) is 12.1 Å². The summed E-state index contributed by atoms with van der Waals surface area (Å²) in [6.07, 6.45) is 1.68. The van der Waals surface area contributed by atoms with Crippen molar-refractivity contribution in [2.75, 3.05) is 0 Å². The molecule has 0 aliphatic heterocycles. The fourth-order valence-corrected chi connectivity index (χ4v) is 2.94. The minimum atomic E-state index is -1.39. The van der Waals surface area contributed by atoms with Crippen molar-refractivity contribution in [1.29, 1.82) is 0 Å². The third-order valence-corrected chi connectivity index (χ3v) is 4.53. The van der Waals surface area contributed by atoms with E-state index in [9.17, 15) is 9.50 Å². The van der Waals surface area contributed by atoms with Gasteiger partial charge >= 0.3 is 0 Å². The molecule has 0 amide bonds. The molecule has 0 saturated heterocycles. The molecule has 0 saturated carbocycles. The summed E-state index contributed by atoms with van der Waals surface area (Å²) in [5, 5.41) is 18.8. The van der Waals surface area contributed by atoms with E-state index in [-0.39, 0.29) is 0 Å². The molecule has 0 spiro atoms. The first-order valence-electron chi connectivity index (χ1n) is 7.12. The van der Waals surface area contributed by atoms with Crippen LogP contribution in [0.2, 0.25) is 0 Å². The Morgan fingerprint density at radius 1 is 1.17 bits per heavy atom. The van der Waals surface area contributed by atoms with Crippen molar-refractivity contribution in [1.82, 2.24) is 15.0 Å². The molecule has 118 valence electrons. The van der Waals surface area contributed by atoms with Crippen molar-refractivity contribution in [2.24, 2.45) is 0 Å². The number of benzene rings is 2. The van der Waals surface area contributed by atoms with Crippen molar-refractivity contribution >= 4 is 11.8 Å². The molecule has 0 aliphatic rings. The van der Waals surface area contributed by atoms with Gasteiger partial charge in [0.1, 0.15) is 17.1 Å². The molecule has 0 fully saturated rings. The summed E-state index contributed by atoms with van der Waals surface area (Å²) in [6, 6.07) is 15.8. The van der Waals surface area contributed by atoms with Gasteiger partial charge in [-0.1, -0.05) is 35.5 Å². The Kier molecular flexibility index (Phi) is 4.45. The highest BCUT2D eigenvalue weighted by Gasteiger charge is 2.29. The van der Waals surface area contributed by atoms with Crippen molar-refractivity contribution < 1.29 is 9.50 Å². The van der Waals surface area contributed by atoms with Crippen LogP contribution < -0.4 is 0 Å². The van der Waals surface area contributed by atoms with E-state index in [1.165, 1.54) is 12.1 Å². The van der Waals surface area contributed by atoms with Gasteiger partial charge in [-0.3, -0.25) is 0 Å². The second kappa shape index (κ2) is 6.52. The van der Waals surface area contributed by atoms with E-state index >= 15 is 0 Å². The monoisotopic (exact) mass is 329 g/mol. The summed E-state index contributed by atoms with van der Waals surface area (Å²) in [5.74, 6) is 0.186. The molecule has 0 aliphatic carbocycles. The summed E-state index contributed by atoms with van der Waals surface area (Å²) >= 11 is 1.61. The smallest absolute Gasteiger partial charge is 0.132 e. The highest BCUT2D eigenvalue weighted by molar-refractivity contribution is 7.98. The standard InChI is InChI=1S/C17H16FN3OS/c1-17(22,13-6-5-7-14(18)10-13)16-11-21(20-19-16)12-23-15-8-3-2-4-9-15/h2-11,22H,12H2,1H3/t17-/m0/s1. The lowest BCUT2D eigenvalue weighted by atomic mass is 9.93. The number of aromatic nitrogens is 3. The molecule has 23 heavy (non-hydrogen) atoms. The van der Waals surface area contributed by atoms with Gasteiger partial charge in [-0.05, 0) is 36.8 Å². The molecule has 0 radical (unpaired) electrons. The number of thioether (sulfide) groups is 1. The van der Waals surface area contributed by atoms with Gasteiger partial charge in [0.15, 0.2) is 0 Å². The van der Waals surface area contributed by atoms with Crippen molar-refractivity contribution in [2.45, 2.75) is 23.3 Å². The van der Waals surface area contributed by atoms with Gasteiger partial charge in [0.25, 0.3) is 0 Å². The Labute approximate surface area is 138 Å². The quantitative estimate of drug-likeness (QED) is 0.729. The summed E-state index contributed by atoms with van der Waals surface area (Å²) in [5.41, 5.74) is -0.561. The zero-order valence-electron chi connectivity index (χ0n) is 12.6. The van der Waals surface area contributed by atoms with Crippen LogP contribution in [0.4, 0.5) is 4.39 Å². The van der Waals surface area contributed by atoms with Crippen LogP contribution in [0.25, 0.3) is 0 Å². The number of halogens is 1. The Bertz CT molecular complexity index is 789. The van der Waals surface area contributed by atoms with Gasteiger partial charge in [-0.15, -0.1) is 16.9 Å². The van der Waals surface area contributed by atoms with Crippen LogP contribution in [0.5, 0.6) is 0 Å². The third-order valence-electron chi connectivity index (χ3n) is 3.53. The Morgan fingerprint density at radius 3 is 2.70 bits per heavy atom. The maximum atomic E-state index is 13.4. The van der Waals surface area contributed by atoms with Gasteiger partial charge in [-0.2, -0.15) is 0 Å². The molecular formula is C17H16FN3OS. The molecular weight excluding hydrogens is 313 g/mol. The topological polar surface area (TPSA) is 50.9 Å². The summed E-state index contributed by atoms with van der Waals surface area (Å²) in [7, 11) is 0. The lowest BCUT2D eigenvalue weighted by Gasteiger charge is -2.20. The lowest BCUT2D eigenvalue weighted by molar-refractivity contribution is 0.0969. The second-order valence-electron chi connectivity index (χ2n) is 5.31. The molecule has 1 atom stereocenters. The van der Waals surface area contributed by atoms with E-state index in [4.69, 9.17) is 0 Å². The largest absolute Gasteiger partial charge is 0.379 e. The van der Waals surface area contributed by atoms with Crippen LogP contribution >= 0.6 is 11.8 Å². The zero-order chi connectivity index (χ0) is 16.3. The molecule has 1 aromatic heterocycles. The molecule has 1 heterocycles. The molecule has 3 rings (SSSR count). The number of hydrogen-bond donors (Lipinski definition) is 1. The molecule has 1 N–H and O–H groups in total. The van der Waals surface area contributed by atoms with E-state index in [2.05, 4.69) is 10.3 Å². The molecule has 4 nitrogen and oxygen atoms in total. The first-order valence-corrected chi connectivity index (χ1v) is 8.11. The number of rotatable bonds is 5. The Morgan fingerprint density at radius 2 is 1.96 bits per heavy atom. The normalized spacial score (nSPS) is 13.7. The van der Waals surface area contributed by atoms with Gasteiger partial charge in [0, 0.05) is 4.90 Å². The molecule has 0 unspecified atom stereocenters. The predicted molar refractivity (Wildman–Crippen MR) is 87.4 cm³/mol. The predicted octanol–water partition coefficient (Wildman–Crippen LogP) is 3.42. The van der Waals surface area contributed by atoms with Crippen LogP contribution in [0.15, 0.2) is 65.7 Å². The average Bonchev–Trinajstić information content (AvgIpc) is 3.04. The van der Waals surface area contributed by atoms with Crippen LogP contribution in [-0.2, 0) is 11.5 Å². The fraction of sp³-hybridized carbons (Fsp3) is 0.176. The fourth-order valence-electron chi connectivity index (χ4n) is 2.18. The number of aliphatic hydroxyl groups is 1. The van der Waals surface area contributed by atoms with Crippen molar-refractivity contribution in [3.05, 3.63) is 77.9 Å². The maximum Gasteiger partial charge on any atom is 0.132 e. The van der Waals surface area contributed by atoms with E-state index in [1.54, 1.807) is 41.7 Å². The SMILES string of the molecule is C[C@](O)(c1cccc(F)c1)c1cn(CSc2ccccc2)nn1. The van der Waals surface area contributed by atoms with Gasteiger partial charge in [0.2, 0.25) is 0 Å². The zero-order valence-corrected chi connectivity index (χ0v) is 13.4. The average molecular weight is 329 g/mol. The minimum Gasteiger partial charge on any atom is -0.379 e. The maximum absolute atomic E-state index is 13.4. The van der Waals surface area contributed by atoms with Gasteiger partial charge < -0.3 is 5.11 Å². The van der Waals surface area contributed by atoms with Gasteiger partial charge in [-0.25, -0.2) is 9.07 Å². The molecule has 2 aromatic carbocycles. The lowest BCUT2D eigenvalue weighted by Crippen LogP contribution is -2.23. The Hall–Kier alpha value is -2.18. The first-order chi connectivity index (χ1) is 11.1. The number of nitrogens with zero attached hydrogens (tertiary/aromatic N) is 3. The third kappa shape index (κ3) is 3.60. The number of hydrogen-bond acceptors (Lipinski definition) is 4. The summed E-state index contributed by atoms with van der Waals surface area (Å²) < 4.78 is 15.0. The summed E-state index contributed by atoms with van der Waals surface area (Å²) in [6.45, 7) is 1.58. The van der Waals surface area contributed by atoms with Crippen molar-refractivity contribution in [3.63, 3.8) is 0 Å². The van der Waals surface area contributed by atoms with Crippen LogP contribution in [0.3, 0.4) is 0 Å². The van der Waals surface area contributed by atoms with E-state index in [0.29, 0.717) is 17.1 Å².